The van der Waals surface area contributed by atoms with E-state index in [0.29, 0.717) is 0 Å². The number of carbonyl (C=O) groups is 1. The summed E-state index contributed by atoms with van der Waals surface area (Å²) in [5, 5.41) is 0. The standard InChI is InChI=1S/C19H24N2O/c1-4-20(2)18-12-10-17(11-13-18)19(22)21(3)15-14-16-8-6-5-7-9-16/h5-13H,4,14-15H2,1-3H3. The lowest BCUT2D eigenvalue weighted by atomic mass is 10.1. The van der Waals surface area contributed by atoms with Crippen molar-refractivity contribution in [3.8, 4) is 0 Å². The van der Waals surface area contributed by atoms with Gasteiger partial charge in [-0.25, -0.2) is 0 Å². The van der Waals surface area contributed by atoms with E-state index in [1.807, 2.05) is 56.6 Å². The minimum Gasteiger partial charge on any atom is -0.375 e. The van der Waals surface area contributed by atoms with E-state index < -0.39 is 0 Å². The third-order valence-corrected chi connectivity index (χ3v) is 3.95. The summed E-state index contributed by atoms with van der Waals surface area (Å²) in [5.41, 5.74) is 3.12. The molecule has 0 N–H and O–H groups in total. The molecule has 0 aliphatic rings. The second-order valence-corrected chi connectivity index (χ2v) is 5.52. The van der Waals surface area contributed by atoms with E-state index in [1.54, 1.807) is 4.90 Å². The summed E-state index contributed by atoms with van der Waals surface area (Å²) in [6, 6.07) is 18.1. The second-order valence-electron chi connectivity index (χ2n) is 5.52. The van der Waals surface area contributed by atoms with Crippen LogP contribution in [0.15, 0.2) is 54.6 Å². The number of likely N-dealkylation sites (N-methyl/N-ethyl adjacent to an activating group) is 1. The summed E-state index contributed by atoms with van der Waals surface area (Å²) in [7, 11) is 3.90. The SMILES string of the molecule is CCN(C)c1ccc(C(=O)N(C)CCc2ccccc2)cc1. The molecule has 0 fully saturated rings. The van der Waals surface area contributed by atoms with Crippen LogP contribution in [0.1, 0.15) is 22.8 Å². The summed E-state index contributed by atoms with van der Waals surface area (Å²) < 4.78 is 0. The normalized spacial score (nSPS) is 10.3. The molecule has 0 atom stereocenters. The molecular formula is C19H24N2O. The molecule has 0 radical (unpaired) electrons. The number of nitrogens with zero attached hydrogens (tertiary/aromatic N) is 2. The van der Waals surface area contributed by atoms with E-state index in [-0.39, 0.29) is 5.91 Å². The number of anilines is 1. The minimum atomic E-state index is 0.0710. The quantitative estimate of drug-likeness (QED) is 0.815. The van der Waals surface area contributed by atoms with Crippen LogP contribution in [0.3, 0.4) is 0 Å². The molecule has 2 aromatic carbocycles. The Morgan fingerprint density at radius 2 is 1.59 bits per heavy atom. The van der Waals surface area contributed by atoms with E-state index in [0.717, 1.165) is 30.8 Å². The molecule has 22 heavy (non-hydrogen) atoms. The predicted molar refractivity (Wildman–Crippen MR) is 92.5 cm³/mol. The Kier molecular flexibility index (Phi) is 5.59. The van der Waals surface area contributed by atoms with E-state index in [4.69, 9.17) is 0 Å². The van der Waals surface area contributed by atoms with Crippen LogP contribution in [-0.4, -0.2) is 38.0 Å². The van der Waals surface area contributed by atoms with Gasteiger partial charge in [0.05, 0.1) is 0 Å². The van der Waals surface area contributed by atoms with Crippen LogP contribution in [0.4, 0.5) is 5.69 Å². The number of hydrogen-bond acceptors (Lipinski definition) is 2. The fraction of sp³-hybridized carbons (Fsp3) is 0.316. The fourth-order valence-electron chi connectivity index (χ4n) is 2.30. The molecule has 3 nitrogen and oxygen atoms in total. The van der Waals surface area contributed by atoms with Crippen molar-refractivity contribution in [2.24, 2.45) is 0 Å². The van der Waals surface area contributed by atoms with E-state index in [9.17, 15) is 4.79 Å². The summed E-state index contributed by atoms with van der Waals surface area (Å²) in [6.07, 6.45) is 0.875. The highest BCUT2D eigenvalue weighted by molar-refractivity contribution is 5.94. The molecule has 2 rings (SSSR count). The summed E-state index contributed by atoms with van der Waals surface area (Å²) in [6.45, 7) is 3.78. The van der Waals surface area contributed by atoms with Gasteiger partial charge in [-0.15, -0.1) is 0 Å². The number of benzene rings is 2. The van der Waals surface area contributed by atoms with E-state index in [2.05, 4.69) is 24.0 Å². The monoisotopic (exact) mass is 296 g/mol. The van der Waals surface area contributed by atoms with Gasteiger partial charge >= 0.3 is 0 Å². The lowest BCUT2D eigenvalue weighted by molar-refractivity contribution is 0.0796. The largest absolute Gasteiger partial charge is 0.375 e. The minimum absolute atomic E-state index is 0.0710. The maximum Gasteiger partial charge on any atom is 0.253 e. The van der Waals surface area contributed by atoms with Crippen LogP contribution >= 0.6 is 0 Å². The van der Waals surface area contributed by atoms with Crippen molar-refractivity contribution in [1.29, 1.82) is 0 Å². The Morgan fingerprint density at radius 1 is 0.955 bits per heavy atom. The van der Waals surface area contributed by atoms with Crippen LogP contribution < -0.4 is 4.90 Å². The fourth-order valence-corrected chi connectivity index (χ4v) is 2.30. The molecule has 0 unspecified atom stereocenters. The Labute approximate surface area is 133 Å². The molecule has 0 spiro atoms. The van der Waals surface area contributed by atoms with Crippen LogP contribution in [0.2, 0.25) is 0 Å². The molecular weight excluding hydrogens is 272 g/mol. The first-order valence-corrected chi connectivity index (χ1v) is 7.72. The Hall–Kier alpha value is -2.29. The molecule has 2 aromatic rings. The molecule has 0 bridgehead atoms. The van der Waals surface area contributed by atoms with Gasteiger partial charge in [-0.3, -0.25) is 4.79 Å². The summed E-state index contributed by atoms with van der Waals surface area (Å²) in [5.74, 6) is 0.0710. The van der Waals surface area contributed by atoms with Crippen LogP contribution in [0, 0.1) is 0 Å². The molecule has 0 aliphatic heterocycles. The van der Waals surface area contributed by atoms with Gasteiger partial charge < -0.3 is 9.80 Å². The zero-order valence-electron chi connectivity index (χ0n) is 13.6. The van der Waals surface area contributed by atoms with Gasteiger partial charge in [-0.05, 0) is 43.2 Å². The first-order valence-electron chi connectivity index (χ1n) is 7.72. The molecule has 0 heterocycles. The van der Waals surface area contributed by atoms with Gasteiger partial charge in [0.25, 0.3) is 5.91 Å². The van der Waals surface area contributed by atoms with Crippen LogP contribution in [0.5, 0.6) is 0 Å². The maximum atomic E-state index is 12.4. The Morgan fingerprint density at radius 3 is 2.18 bits per heavy atom. The Balaban J connectivity index is 1.95. The van der Waals surface area contributed by atoms with E-state index in [1.165, 1.54) is 5.56 Å². The topological polar surface area (TPSA) is 23.6 Å². The molecule has 0 aliphatic carbocycles. The molecule has 1 amide bonds. The van der Waals surface area contributed by atoms with Crippen molar-refractivity contribution in [3.63, 3.8) is 0 Å². The predicted octanol–water partition coefficient (Wildman–Crippen LogP) is 3.46. The van der Waals surface area contributed by atoms with E-state index >= 15 is 0 Å². The first-order chi connectivity index (χ1) is 10.6. The highest BCUT2D eigenvalue weighted by Gasteiger charge is 2.11. The summed E-state index contributed by atoms with van der Waals surface area (Å²) >= 11 is 0. The number of amides is 1. The third kappa shape index (κ3) is 4.10. The first kappa shape index (κ1) is 16.1. The van der Waals surface area contributed by atoms with Gasteiger partial charge in [0, 0.05) is 38.4 Å². The van der Waals surface area contributed by atoms with Crippen molar-refractivity contribution in [2.75, 3.05) is 32.1 Å². The van der Waals surface area contributed by atoms with Crippen molar-refractivity contribution >= 4 is 11.6 Å². The van der Waals surface area contributed by atoms with Crippen LogP contribution in [0.25, 0.3) is 0 Å². The highest BCUT2D eigenvalue weighted by atomic mass is 16.2. The second kappa shape index (κ2) is 7.64. The number of rotatable bonds is 6. The average molecular weight is 296 g/mol. The highest BCUT2D eigenvalue weighted by Crippen LogP contribution is 2.14. The Bertz CT molecular complexity index is 593. The number of hydrogen-bond donors (Lipinski definition) is 0. The molecule has 0 saturated carbocycles. The van der Waals surface area contributed by atoms with Gasteiger partial charge in [0.15, 0.2) is 0 Å². The zero-order valence-corrected chi connectivity index (χ0v) is 13.6. The van der Waals surface area contributed by atoms with Gasteiger partial charge in [0.2, 0.25) is 0 Å². The smallest absolute Gasteiger partial charge is 0.253 e. The average Bonchev–Trinajstić information content (AvgIpc) is 2.59. The molecule has 3 heteroatoms. The van der Waals surface area contributed by atoms with Gasteiger partial charge in [-0.1, -0.05) is 30.3 Å². The zero-order chi connectivity index (χ0) is 15.9. The van der Waals surface area contributed by atoms with Gasteiger partial charge in [-0.2, -0.15) is 0 Å². The van der Waals surface area contributed by atoms with Crippen molar-refractivity contribution in [1.82, 2.24) is 4.90 Å². The third-order valence-electron chi connectivity index (χ3n) is 3.95. The van der Waals surface area contributed by atoms with Crippen molar-refractivity contribution in [3.05, 3.63) is 65.7 Å². The van der Waals surface area contributed by atoms with Gasteiger partial charge in [0.1, 0.15) is 0 Å². The van der Waals surface area contributed by atoms with Crippen molar-refractivity contribution in [2.45, 2.75) is 13.3 Å². The number of carbonyl (C=O) groups excluding carboxylic acids is 1. The lowest BCUT2D eigenvalue weighted by Gasteiger charge is -2.19. The molecule has 116 valence electrons. The lowest BCUT2D eigenvalue weighted by Crippen LogP contribution is -2.28. The van der Waals surface area contributed by atoms with Crippen LogP contribution in [-0.2, 0) is 6.42 Å². The summed E-state index contributed by atoms with van der Waals surface area (Å²) in [4.78, 5) is 16.4. The molecule has 0 aromatic heterocycles. The maximum absolute atomic E-state index is 12.4. The molecule has 0 saturated heterocycles. The van der Waals surface area contributed by atoms with Crippen molar-refractivity contribution < 1.29 is 4.79 Å².